The van der Waals surface area contributed by atoms with Crippen LogP contribution in [0.4, 0.5) is 13.2 Å². The highest BCUT2D eigenvalue weighted by Gasteiger charge is 2.34. The zero-order valence-corrected chi connectivity index (χ0v) is 13.2. The smallest absolute Gasteiger partial charge is 0.310 e. The van der Waals surface area contributed by atoms with Crippen LogP contribution in [0.2, 0.25) is 0 Å². The van der Waals surface area contributed by atoms with E-state index in [2.05, 4.69) is 32.9 Å². The van der Waals surface area contributed by atoms with E-state index in [0.29, 0.717) is 25.6 Å². The van der Waals surface area contributed by atoms with Gasteiger partial charge >= 0.3 is 6.18 Å². The molecule has 0 aromatic carbocycles. The summed E-state index contributed by atoms with van der Waals surface area (Å²) in [5.41, 5.74) is 0. The summed E-state index contributed by atoms with van der Waals surface area (Å²) in [6, 6.07) is 0. The summed E-state index contributed by atoms with van der Waals surface area (Å²) in [6.07, 6.45) is -1.43. The molecule has 108 valence electrons. The van der Waals surface area contributed by atoms with Gasteiger partial charge in [-0.3, -0.25) is 4.90 Å². The molecule has 1 aliphatic rings. The van der Waals surface area contributed by atoms with Crippen molar-refractivity contribution in [1.29, 1.82) is 0 Å². The maximum atomic E-state index is 12.2. The number of rotatable bonds is 5. The fraction of sp³-hybridized carbons (Fsp3) is 0.727. The van der Waals surface area contributed by atoms with Gasteiger partial charge in [0.1, 0.15) is 5.01 Å². The van der Waals surface area contributed by atoms with Crippen molar-refractivity contribution in [1.82, 2.24) is 15.2 Å². The summed E-state index contributed by atoms with van der Waals surface area (Å²) < 4.78 is 37.9. The molecule has 3 nitrogen and oxygen atoms in total. The number of thiazole rings is 1. The standard InChI is InChI=1S/C11H15F3IN3S/c12-11(13,14)7-18-2-1-8(6-18)3-16-5-10-17-4-9(15)19-10/h4,8,16H,1-3,5-7H2/t8-/m1/s1. The molecule has 0 spiro atoms. The highest BCUT2D eigenvalue weighted by molar-refractivity contribution is 14.1. The molecule has 0 bridgehead atoms. The first-order valence-corrected chi connectivity index (χ1v) is 7.92. The highest BCUT2D eigenvalue weighted by Crippen LogP contribution is 2.22. The Hall–Kier alpha value is 0.0700. The van der Waals surface area contributed by atoms with Gasteiger partial charge in [-0.1, -0.05) is 0 Å². The minimum absolute atomic E-state index is 0.307. The van der Waals surface area contributed by atoms with E-state index in [1.807, 2.05) is 6.20 Å². The second-order valence-electron chi connectivity index (χ2n) is 4.69. The molecule has 2 heterocycles. The summed E-state index contributed by atoms with van der Waals surface area (Å²) >= 11 is 3.85. The number of aromatic nitrogens is 1. The Bertz CT molecular complexity index is 410. The lowest BCUT2D eigenvalue weighted by Crippen LogP contribution is -2.33. The van der Waals surface area contributed by atoms with Crippen LogP contribution in [0.15, 0.2) is 6.20 Å². The normalized spacial score (nSPS) is 21.2. The molecule has 8 heteroatoms. The van der Waals surface area contributed by atoms with Gasteiger partial charge in [0.05, 0.1) is 15.6 Å². The van der Waals surface area contributed by atoms with Crippen LogP contribution in [-0.2, 0) is 6.54 Å². The van der Waals surface area contributed by atoms with E-state index in [-0.39, 0.29) is 0 Å². The Morgan fingerprint density at radius 1 is 1.53 bits per heavy atom. The summed E-state index contributed by atoms with van der Waals surface area (Å²) in [7, 11) is 0. The largest absolute Gasteiger partial charge is 0.401 e. The van der Waals surface area contributed by atoms with Crippen LogP contribution < -0.4 is 5.32 Å². The maximum Gasteiger partial charge on any atom is 0.401 e. The van der Waals surface area contributed by atoms with Gasteiger partial charge in [-0.2, -0.15) is 13.2 Å². The Labute approximate surface area is 127 Å². The molecule has 1 N–H and O–H groups in total. The summed E-state index contributed by atoms with van der Waals surface area (Å²) in [5.74, 6) is 0.307. The lowest BCUT2D eigenvalue weighted by Gasteiger charge is -2.17. The van der Waals surface area contributed by atoms with Crippen LogP contribution in [-0.4, -0.2) is 42.2 Å². The molecule has 0 aliphatic carbocycles. The van der Waals surface area contributed by atoms with Crippen LogP contribution >= 0.6 is 33.9 Å². The van der Waals surface area contributed by atoms with Gasteiger partial charge in [0.25, 0.3) is 0 Å². The van der Waals surface area contributed by atoms with Crippen LogP contribution in [0, 0.1) is 8.80 Å². The first-order chi connectivity index (χ1) is 8.92. The van der Waals surface area contributed by atoms with Gasteiger partial charge in [0.15, 0.2) is 0 Å². The van der Waals surface area contributed by atoms with Crippen molar-refractivity contribution in [2.75, 3.05) is 26.2 Å². The lowest BCUT2D eigenvalue weighted by atomic mass is 10.1. The molecule has 19 heavy (non-hydrogen) atoms. The van der Waals surface area contributed by atoms with Crippen molar-refractivity contribution in [2.24, 2.45) is 5.92 Å². The number of nitrogens with one attached hydrogen (secondary N) is 1. The number of nitrogens with zero attached hydrogens (tertiary/aromatic N) is 2. The number of hydrogen-bond acceptors (Lipinski definition) is 4. The number of hydrogen-bond donors (Lipinski definition) is 1. The third-order valence-corrected chi connectivity index (χ3v) is 4.73. The van der Waals surface area contributed by atoms with E-state index in [1.54, 1.807) is 11.3 Å². The molecule has 1 atom stereocenters. The molecule has 1 saturated heterocycles. The molecule has 0 radical (unpaired) electrons. The van der Waals surface area contributed by atoms with E-state index in [0.717, 1.165) is 20.9 Å². The summed E-state index contributed by atoms with van der Waals surface area (Å²) in [4.78, 5) is 5.72. The second-order valence-corrected chi connectivity index (χ2v) is 7.70. The Morgan fingerprint density at radius 3 is 2.95 bits per heavy atom. The van der Waals surface area contributed by atoms with Crippen molar-refractivity contribution in [3.63, 3.8) is 0 Å². The van der Waals surface area contributed by atoms with Crippen molar-refractivity contribution in [3.8, 4) is 0 Å². The minimum Gasteiger partial charge on any atom is -0.310 e. The van der Waals surface area contributed by atoms with Crippen molar-refractivity contribution in [3.05, 3.63) is 14.1 Å². The van der Waals surface area contributed by atoms with Gasteiger partial charge in [0.2, 0.25) is 0 Å². The average molecular weight is 405 g/mol. The molecule has 0 unspecified atom stereocenters. The number of likely N-dealkylation sites (tertiary alicyclic amines) is 1. The zero-order valence-electron chi connectivity index (χ0n) is 10.2. The van der Waals surface area contributed by atoms with E-state index in [9.17, 15) is 13.2 Å². The molecule has 1 aromatic rings. The van der Waals surface area contributed by atoms with Crippen LogP contribution in [0.5, 0.6) is 0 Å². The number of halogens is 4. The fourth-order valence-electron chi connectivity index (χ4n) is 2.23. The molecule has 1 fully saturated rings. The monoisotopic (exact) mass is 405 g/mol. The van der Waals surface area contributed by atoms with Gasteiger partial charge < -0.3 is 5.32 Å². The Balaban J connectivity index is 1.65. The second kappa shape index (κ2) is 6.68. The molecule has 2 rings (SSSR count). The fourth-order valence-corrected chi connectivity index (χ4v) is 3.74. The SMILES string of the molecule is FC(F)(F)CN1CC[C@H](CNCc2ncc(I)s2)C1. The molecule has 0 saturated carbocycles. The Morgan fingerprint density at radius 2 is 2.32 bits per heavy atom. The third-order valence-electron chi connectivity index (χ3n) is 3.01. The third kappa shape index (κ3) is 5.52. The molecule has 0 amide bonds. The first kappa shape index (κ1) is 15.5. The lowest BCUT2D eigenvalue weighted by molar-refractivity contribution is -0.143. The van der Waals surface area contributed by atoms with Crippen molar-refractivity contribution in [2.45, 2.75) is 19.1 Å². The van der Waals surface area contributed by atoms with Gasteiger partial charge in [-0.05, 0) is 48.0 Å². The maximum absolute atomic E-state index is 12.2. The Kier molecular flexibility index (Phi) is 5.44. The molecular formula is C11H15F3IN3S. The van der Waals surface area contributed by atoms with Crippen LogP contribution in [0.1, 0.15) is 11.4 Å². The zero-order chi connectivity index (χ0) is 13.9. The van der Waals surface area contributed by atoms with Gasteiger partial charge in [-0.15, -0.1) is 11.3 Å². The van der Waals surface area contributed by atoms with Crippen molar-refractivity contribution < 1.29 is 13.2 Å². The molecular weight excluding hydrogens is 390 g/mol. The van der Waals surface area contributed by atoms with Gasteiger partial charge in [-0.25, -0.2) is 4.98 Å². The first-order valence-electron chi connectivity index (χ1n) is 6.02. The molecule has 1 aliphatic heterocycles. The topological polar surface area (TPSA) is 28.2 Å². The predicted octanol–water partition coefficient (Wildman–Crippen LogP) is 2.72. The van der Waals surface area contributed by atoms with E-state index >= 15 is 0 Å². The van der Waals surface area contributed by atoms with E-state index in [1.165, 1.54) is 4.90 Å². The van der Waals surface area contributed by atoms with Crippen LogP contribution in [0.3, 0.4) is 0 Å². The van der Waals surface area contributed by atoms with Crippen LogP contribution in [0.25, 0.3) is 0 Å². The number of alkyl halides is 3. The summed E-state index contributed by atoms with van der Waals surface area (Å²) in [6.45, 7) is 1.74. The van der Waals surface area contributed by atoms with Gasteiger partial charge in [0, 0.05) is 13.1 Å². The molecule has 1 aromatic heterocycles. The quantitative estimate of drug-likeness (QED) is 0.764. The predicted molar refractivity (Wildman–Crippen MR) is 77.1 cm³/mol. The minimum atomic E-state index is -4.08. The highest BCUT2D eigenvalue weighted by atomic mass is 127. The summed E-state index contributed by atoms with van der Waals surface area (Å²) in [5, 5.41) is 4.30. The van der Waals surface area contributed by atoms with Crippen molar-refractivity contribution >= 4 is 33.9 Å². The van der Waals surface area contributed by atoms with E-state index < -0.39 is 12.7 Å². The average Bonchev–Trinajstić information content (AvgIpc) is 2.86. The van der Waals surface area contributed by atoms with E-state index in [4.69, 9.17) is 0 Å².